The van der Waals surface area contributed by atoms with E-state index in [1.165, 1.54) is 0 Å². The molecule has 1 aliphatic rings. The van der Waals surface area contributed by atoms with Crippen LogP contribution in [0.4, 0.5) is 10.1 Å². The van der Waals surface area contributed by atoms with Crippen LogP contribution < -0.4 is 4.74 Å². The van der Waals surface area contributed by atoms with Gasteiger partial charge in [0.15, 0.2) is 5.75 Å². The van der Waals surface area contributed by atoms with Crippen molar-refractivity contribution in [2.75, 3.05) is 7.11 Å². The molecule has 0 aromatic heterocycles. The molecule has 0 unspecified atom stereocenters. The van der Waals surface area contributed by atoms with Crippen LogP contribution in [-0.2, 0) is 4.74 Å². The van der Waals surface area contributed by atoms with Crippen LogP contribution in [0.1, 0.15) is 25.7 Å². The highest BCUT2D eigenvalue weighted by Crippen LogP contribution is 2.31. The number of halogens is 1. The van der Waals surface area contributed by atoms with Crippen molar-refractivity contribution < 1.29 is 18.8 Å². The van der Waals surface area contributed by atoms with Gasteiger partial charge in [-0.2, -0.15) is 0 Å². The number of nitro benzene ring substituents is 1. The molecule has 0 aliphatic heterocycles. The van der Waals surface area contributed by atoms with Crippen LogP contribution in [0.3, 0.4) is 0 Å². The zero-order valence-corrected chi connectivity index (χ0v) is 10.7. The Morgan fingerprint density at radius 1 is 1.26 bits per heavy atom. The molecule has 0 amide bonds. The lowest BCUT2D eigenvalue weighted by Gasteiger charge is -2.27. The van der Waals surface area contributed by atoms with Gasteiger partial charge in [0, 0.05) is 19.2 Å². The van der Waals surface area contributed by atoms with E-state index in [4.69, 9.17) is 9.47 Å². The normalized spacial score (nSPS) is 23.1. The number of benzene rings is 1. The topological polar surface area (TPSA) is 61.6 Å². The lowest BCUT2D eigenvalue weighted by Crippen LogP contribution is -2.27. The van der Waals surface area contributed by atoms with Crippen LogP contribution in [0.2, 0.25) is 0 Å². The Bertz CT molecular complexity index is 458. The van der Waals surface area contributed by atoms with Gasteiger partial charge in [-0.05, 0) is 31.7 Å². The van der Waals surface area contributed by atoms with Crippen LogP contribution in [0.25, 0.3) is 0 Å². The molecule has 19 heavy (non-hydrogen) atoms. The molecule has 0 saturated heterocycles. The number of methoxy groups -OCH3 is 1. The fraction of sp³-hybridized carbons (Fsp3) is 0.538. The number of rotatable bonds is 4. The quantitative estimate of drug-likeness (QED) is 0.622. The molecule has 1 saturated carbocycles. The van der Waals surface area contributed by atoms with Crippen LogP contribution >= 0.6 is 0 Å². The molecule has 0 bridgehead atoms. The van der Waals surface area contributed by atoms with E-state index in [1.807, 2.05) is 0 Å². The fourth-order valence-electron chi connectivity index (χ4n) is 2.30. The van der Waals surface area contributed by atoms with E-state index in [0.717, 1.165) is 43.9 Å². The highest BCUT2D eigenvalue weighted by atomic mass is 19.1. The van der Waals surface area contributed by atoms with Gasteiger partial charge in [-0.3, -0.25) is 10.1 Å². The second kappa shape index (κ2) is 5.97. The van der Waals surface area contributed by atoms with Crippen molar-refractivity contribution in [1.82, 2.24) is 0 Å². The first-order valence-electron chi connectivity index (χ1n) is 6.23. The number of ether oxygens (including phenoxy) is 2. The van der Waals surface area contributed by atoms with Gasteiger partial charge >= 0.3 is 5.69 Å². The summed E-state index contributed by atoms with van der Waals surface area (Å²) >= 11 is 0. The van der Waals surface area contributed by atoms with Crippen LogP contribution in [0.15, 0.2) is 18.2 Å². The first-order chi connectivity index (χ1) is 9.10. The SMILES string of the molecule is CO[C@H]1CC[C@H](Oc2cc(F)ccc2[N+](=O)[O-])CC1. The molecule has 0 heterocycles. The Morgan fingerprint density at radius 3 is 2.47 bits per heavy atom. The second-order valence-corrected chi connectivity index (χ2v) is 4.62. The molecule has 1 aromatic rings. The molecular weight excluding hydrogens is 253 g/mol. The summed E-state index contributed by atoms with van der Waals surface area (Å²) in [5, 5.41) is 10.9. The summed E-state index contributed by atoms with van der Waals surface area (Å²) in [5.74, 6) is -0.531. The maximum Gasteiger partial charge on any atom is 0.311 e. The molecule has 0 atom stereocenters. The van der Waals surface area contributed by atoms with E-state index in [0.29, 0.717) is 0 Å². The summed E-state index contributed by atoms with van der Waals surface area (Å²) < 4.78 is 24.0. The summed E-state index contributed by atoms with van der Waals surface area (Å²) in [7, 11) is 1.67. The van der Waals surface area contributed by atoms with E-state index in [9.17, 15) is 14.5 Å². The highest BCUT2D eigenvalue weighted by molar-refractivity contribution is 5.46. The standard InChI is InChI=1S/C13H16FNO4/c1-18-10-3-5-11(6-4-10)19-13-8-9(14)2-7-12(13)15(16)17/h2,7-8,10-11H,3-6H2,1H3/t10-,11-. The first-order valence-corrected chi connectivity index (χ1v) is 6.23. The Morgan fingerprint density at radius 2 is 1.89 bits per heavy atom. The monoisotopic (exact) mass is 269 g/mol. The van der Waals surface area contributed by atoms with E-state index in [-0.39, 0.29) is 23.6 Å². The number of hydrogen-bond acceptors (Lipinski definition) is 4. The zero-order valence-electron chi connectivity index (χ0n) is 10.7. The molecule has 104 valence electrons. The Hall–Kier alpha value is -1.69. The predicted octanol–water partition coefficient (Wildman–Crippen LogP) is 3.07. The third-order valence-electron chi connectivity index (χ3n) is 3.37. The minimum atomic E-state index is -0.560. The van der Waals surface area contributed by atoms with E-state index >= 15 is 0 Å². The van der Waals surface area contributed by atoms with Gasteiger partial charge in [0.1, 0.15) is 5.82 Å². The summed E-state index contributed by atoms with van der Waals surface area (Å²) in [6, 6.07) is 3.26. The average molecular weight is 269 g/mol. The number of nitro groups is 1. The van der Waals surface area contributed by atoms with Crippen molar-refractivity contribution in [3.63, 3.8) is 0 Å². The average Bonchev–Trinajstić information content (AvgIpc) is 2.39. The smallest absolute Gasteiger partial charge is 0.311 e. The fourth-order valence-corrected chi connectivity index (χ4v) is 2.30. The second-order valence-electron chi connectivity index (χ2n) is 4.62. The third kappa shape index (κ3) is 3.41. The van der Waals surface area contributed by atoms with Crippen molar-refractivity contribution in [3.05, 3.63) is 34.1 Å². The lowest BCUT2D eigenvalue weighted by molar-refractivity contribution is -0.386. The van der Waals surface area contributed by atoms with Gasteiger partial charge in [-0.25, -0.2) is 4.39 Å². The van der Waals surface area contributed by atoms with Gasteiger partial charge in [0.25, 0.3) is 0 Å². The molecule has 2 rings (SSSR count). The van der Waals surface area contributed by atoms with Gasteiger partial charge in [0.2, 0.25) is 0 Å². The maximum atomic E-state index is 13.2. The van der Waals surface area contributed by atoms with Crippen molar-refractivity contribution in [2.24, 2.45) is 0 Å². The van der Waals surface area contributed by atoms with Crippen molar-refractivity contribution >= 4 is 5.69 Å². The van der Waals surface area contributed by atoms with Crippen molar-refractivity contribution in [1.29, 1.82) is 0 Å². The molecule has 0 spiro atoms. The molecule has 1 aromatic carbocycles. The van der Waals surface area contributed by atoms with E-state index < -0.39 is 10.7 Å². The molecule has 1 aliphatic carbocycles. The van der Waals surface area contributed by atoms with E-state index in [1.54, 1.807) is 7.11 Å². The molecule has 0 radical (unpaired) electrons. The number of nitrogens with zero attached hydrogens (tertiary/aromatic N) is 1. The lowest BCUT2D eigenvalue weighted by atomic mass is 9.95. The summed E-state index contributed by atoms with van der Waals surface area (Å²) in [6.45, 7) is 0. The highest BCUT2D eigenvalue weighted by Gasteiger charge is 2.25. The van der Waals surface area contributed by atoms with Crippen LogP contribution in [-0.4, -0.2) is 24.2 Å². The minimum absolute atomic E-state index is 0.00543. The molecule has 5 nitrogen and oxygen atoms in total. The number of hydrogen-bond donors (Lipinski definition) is 0. The Balaban J connectivity index is 2.06. The van der Waals surface area contributed by atoms with E-state index in [2.05, 4.69) is 0 Å². The molecule has 0 N–H and O–H groups in total. The van der Waals surface area contributed by atoms with Gasteiger partial charge in [-0.1, -0.05) is 0 Å². The van der Waals surface area contributed by atoms with Crippen molar-refractivity contribution in [3.8, 4) is 5.75 Å². The van der Waals surface area contributed by atoms with Crippen LogP contribution in [0.5, 0.6) is 5.75 Å². The summed E-state index contributed by atoms with van der Waals surface area (Å²) in [6.07, 6.45) is 3.32. The summed E-state index contributed by atoms with van der Waals surface area (Å²) in [4.78, 5) is 10.3. The Kier molecular flexibility index (Phi) is 4.31. The Labute approximate surface area is 110 Å². The third-order valence-corrected chi connectivity index (χ3v) is 3.37. The molecule has 1 fully saturated rings. The van der Waals surface area contributed by atoms with Gasteiger partial charge in [-0.15, -0.1) is 0 Å². The maximum absolute atomic E-state index is 13.2. The van der Waals surface area contributed by atoms with Crippen LogP contribution in [0, 0.1) is 15.9 Å². The molecule has 6 heteroatoms. The van der Waals surface area contributed by atoms with Gasteiger partial charge < -0.3 is 9.47 Å². The first kappa shape index (κ1) is 13.7. The predicted molar refractivity (Wildman–Crippen MR) is 66.7 cm³/mol. The largest absolute Gasteiger partial charge is 0.483 e. The van der Waals surface area contributed by atoms with Crippen molar-refractivity contribution in [2.45, 2.75) is 37.9 Å². The molecular formula is C13H16FNO4. The summed E-state index contributed by atoms with van der Waals surface area (Å²) in [5.41, 5.74) is -0.199. The van der Waals surface area contributed by atoms with Gasteiger partial charge in [0.05, 0.1) is 17.1 Å². The minimum Gasteiger partial charge on any atom is -0.483 e. The zero-order chi connectivity index (χ0) is 13.8.